The number of aromatic nitrogens is 1. The number of para-hydroxylation sites is 1. The zero-order chi connectivity index (χ0) is 16.8. The van der Waals surface area contributed by atoms with Gasteiger partial charge in [0.05, 0.1) is 11.3 Å². The van der Waals surface area contributed by atoms with Gasteiger partial charge in [0.2, 0.25) is 0 Å². The first-order valence-electron chi connectivity index (χ1n) is 7.51. The van der Waals surface area contributed by atoms with Crippen LogP contribution in [0.3, 0.4) is 0 Å². The number of rotatable bonds is 6. The summed E-state index contributed by atoms with van der Waals surface area (Å²) >= 11 is 1.66. The molecule has 0 aliphatic carbocycles. The Balaban J connectivity index is 1.69. The van der Waals surface area contributed by atoms with Crippen LogP contribution in [0, 0.1) is 5.82 Å². The van der Waals surface area contributed by atoms with Crippen molar-refractivity contribution in [1.82, 2.24) is 10.3 Å². The van der Waals surface area contributed by atoms with Crippen molar-refractivity contribution in [3.8, 4) is 0 Å². The molecule has 2 N–H and O–H groups in total. The highest BCUT2D eigenvalue weighted by Gasteiger charge is 2.13. The maximum Gasteiger partial charge on any atom is 0.255 e. The molecular formula is C18H16FN3OS. The highest BCUT2D eigenvalue weighted by molar-refractivity contribution is 7.09. The van der Waals surface area contributed by atoms with E-state index in [0.717, 1.165) is 6.42 Å². The third-order valence-corrected chi connectivity index (χ3v) is 4.35. The van der Waals surface area contributed by atoms with Crippen LogP contribution < -0.4 is 10.6 Å². The molecule has 0 spiro atoms. The van der Waals surface area contributed by atoms with Crippen molar-refractivity contribution >= 4 is 28.7 Å². The third kappa shape index (κ3) is 3.97. The Hall–Kier alpha value is -2.73. The Bertz CT molecular complexity index is 821. The van der Waals surface area contributed by atoms with Crippen molar-refractivity contribution in [3.05, 3.63) is 76.4 Å². The summed E-state index contributed by atoms with van der Waals surface area (Å²) in [4.78, 5) is 17.8. The fourth-order valence-corrected chi connectivity index (χ4v) is 2.94. The molecule has 1 amide bonds. The number of hydrogen-bond acceptors (Lipinski definition) is 4. The van der Waals surface area contributed by atoms with Crippen LogP contribution in [-0.4, -0.2) is 17.4 Å². The van der Waals surface area contributed by atoms with E-state index in [1.54, 1.807) is 47.9 Å². The lowest BCUT2D eigenvalue weighted by molar-refractivity contribution is 0.0955. The lowest BCUT2D eigenvalue weighted by atomic mass is 10.2. The first-order chi connectivity index (χ1) is 11.7. The molecule has 24 heavy (non-hydrogen) atoms. The molecule has 6 heteroatoms. The molecule has 0 unspecified atom stereocenters. The molecule has 1 aromatic carbocycles. The number of anilines is 2. The first-order valence-corrected chi connectivity index (χ1v) is 8.39. The van der Waals surface area contributed by atoms with Gasteiger partial charge in [0.1, 0.15) is 11.6 Å². The van der Waals surface area contributed by atoms with Gasteiger partial charge >= 0.3 is 0 Å². The number of hydrogen-bond donors (Lipinski definition) is 2. The summed E-state index contributed by atoms with van der Waals surface area (Å²) in [6.07, 6.45) is 2.34. The summed E-state index contributed by atoms with van der Waals surface area (Å²) < 4.78 is 13.8. The summed E-state index contributed by atoms with van der Waals surface area (Å²) in [5.74, 6) is -0.304. The number of nitrogens with one attached hydrogen (secondary N) is 2. The standard InChI is InChI=1S/C18H16FN3OS/c19-15-7-1-2-8-16(15)22-17-14(6-3-10-20-17)18(23)21-11-9-13-5-4-12-24-13/h1-8,10,12H,9,11H2,(H,20,22)(H,21,23). The topological polar surface area (TPSA) is 54.0 Å². The molecule has 0 saturated carbocycles. The molecule has 4 nitrogen and oxygen atoms in total. The lowest BCUT2D eigenvalue weighted by Gasteiger charge is -2.11. The van der Waals surface area contributed by atoms with E-state index < -0.39 is 5.82 Å². The van der Waals surface area contributed by atoms with Gasteiger partial charge in [-0.2, -0.15) is 0 Å². The van der Waals surface area contributed by atoms with Gasteiger partial charge < -0.3 is 10.6 Å². The van der Waals surface area contributed by atoms with Gasteiger partial charge in [0, 0.05) is 17.6 Å². The Labute approximate surface area is 143 Å². The van der Waals surface area contributed by atoms with Crippen molar-refractivity contribution in [1.29, 1.82) is 0 Å². The lowest BCUT2D eigenvalue weighted by Crippen LogP contribution is -2.26. The van der Waals surface area contributed by atoms with Crippen LogP contribution in [0.5, 0.6) is 0 Å². The maximum absolute atomic E-state index is 13.8. The predicted molar refractivity (Wildman–Crippen MR) is 94.3 cm³/mol. The van der Waals surface area contributed by atoms with Crippen molar-refractivity contribution in [2.75, 3.05) is 11.9 Å². The normalized spacial score (nSPS) is 10.4. The number of carbonyl (C=O) groups is 1. The summed E-state index contributed by atoms with van der Waals surface area (Å²) in [6.45, 7) is 0.535. The minimum absolute atomic E-state index is 0.238. The number of carbonyl (C=O) groups excluding carboxylic acids is 1. The smallest absolute Gasteiger partial charge is 0.255 e. The van der Waals surface area contributed by atoms with Gasteiger partial charge in [-0.3, -0.25) is 4.79 Å². The Morgan fingerprint density at radius 3 is 2.79 bits per heavy atom. The number of amides is 1. The number of pyridine rings is 1. The molecule has 0 atom stereocenters. The number of thiophene rings is 1. The Kier molecular flexibility index (Phi) is 5.18. The number of halogens is 1. The average molecular weight is 341 g/mol. The van der Waals surface area contributed by atoms with Crippen LogP contribution in [0.2, 0.25) is 0 Å². The Morgan fingerprint density at radius 1 is 1.12 bits per heavy atom. The molecule has 3 aromatic rings. The Morgan fingerprint density at radius 2 is 2.00 bits per heavy atom. The van der Waals surface area contributed by atoms with E-state index in [-0.39, 0.29) is 11.6 Å². The summed E-state index contributed by atoms with van der Waals surface area (Å²) in [5.41, 5.74) is 0.663. The van der Waals surface area contributed by atoms with E-state index in [1.807, 2.05) is 17.5 Å². The van der Waals surface area contributed by atoms with Gasteiger partial charge in [-0.15, -0.1) is 11.3 Å². The molecule has 0 aliphatic rings. The number of nitrogens with zero attached hydrogens (tertiary/aromatic N) is 1. The quantitative estimate of drug-likeness (QED) is 0.712. The summed E-state index contributed by atoms with van der Waals surface area (Å²) in [7, 11) is 0. The van der Waals surface area contributed by atoms with E-state index in [0.29, 0.717) is 17.9 Å². The summed E-state index contributed by atoms with van der Waals surface area (Å²) in [5, 5.41) is 7.76. The van der Waals surface area contributed by atoms with Crippen molar-refractivity contribution in [3.63, 3.8) is 0 Å². The fourth-order valence-electron chi connectivity index (χ4n) is 2.23. The molecule has 3 rings (SSSR count). The second-order valence-corrected chi connectivity index (χ2v) is 6.12. The van der Waals surface area contributed by atoms with Gasteiger partial charge in [-0.1, -0.05) is 18.2 Å². The fraction of sp³-hybridized carbons (Fsp3) is 0.111. The van der Waals surface area contributed by atoms with E-state index in [1.165, 1.54) is 10.9 Å². The molecular weight excluding hydrogens is 325 g/mol. The number of benzene rings is 1. The minimum atomic E-state index is -0.396. The monoisotopic (exact) mass is 341 g/mol. The van der Waals surface area contributed by atoms with Crippen molar-refractivity contribution in [2.45, 2.75) is 6.42 Å². The SMILES string of the molecule is O=C(NCCc1cccs1)c1cccnc1Nc1ccccc1F. The molecule has 2 heterocycles. The maximum atomic E-state index is 13.8. The van der Waals surface area contributed by atoms with Gasteiger partial charge in [-0.05, 0) is 42.1 Å². The predicted octanol–water partition coefficient (Wildman–Crippen LogP) is 4.00. The van der Waals surface area contributed by atoms with Crippen LogP contribution in [0.25, 0.3) is 0 Å². The van der Waals surface area contributed by atoms with Crippen LogP contribution in [-0.2, 0) is 6.42 Å². The highest BCUT2D eigenvalue weighted by Crippen LogP contribution is 2.20. The van der Waals surface area contributed by atoms with Crippen LogP contribution >= 0.6 is 11.3 Å². The van der Waals surface area contributed by atoms with Gasteiger partial charge in [0.15, 0.2) is 0 Å². The molecule has 2 aromatic heterocycles. The zero-order valence-electron chi connectivity index (χ0n) is 12.8. The molecule has 0 fully saturated rings. The van der Waals surface area contributed by atoms with E-state index >= 15 is 0 Å². The van der Waals surface area contributed by atoms with Gasteiger partial charge in [0.25, 0.3) is 5.91 Å². The third-order valence-electron chi connectivity index (χ3n) is 3.42. The zero-order valence-corrected chi connectivity index (χ0v) is 13.6. The highest BCUT2D eigenvalue weighted by atomic mass is 32.1. The van der Waals surface area contributed by atoms with Crippen molar-refractivity contribution in [2.24, 2.45) is 0 Å². The van der Waals surface area contributed by atoms with Crippen LogP contribution in [0.1, 0.15) is 15.2 Å². The minimum Gasteiger partial charge on any atom is -0.352 e. The molecule has 0 bridgehead atoms. The average Bonchev–Trinajstić information content (AvgIpc) is 3.11. The summed E-state index contributed by atoms with van der Waals surface area (Å²) in [6, 6.07) is 13.6. The van der Waals surface area contributed by atoms with Crippen molar-refractivity contribution < 1.29 is 9.18 Å². The first kappa shape index (κ1) is 16.1. The largest absolute Gasteiger partial charge is 0.352 e. The van der Waals surface area contributed by atoms with E-state index in [4.69, 9.17) is 0 Å². The van der Waals surface area contributed by atoms with E-state index in [2.05, 4.69) is 15.6 Å². The molecule has 0 saturated heterocycles. The van der Waals surface area contributed by atoms with Crippen LogP contribution in [0.4, 0.5) is 15.9 Å². The molecule has 0 radical (unpaired) electrons. The van der Waals surface area contributed by atoms with E-state index in [9.17, 15) is 9.18 Å². The molecule has 122 valence electrons. The second-order valence-electron chi connectivity index (χ2n) is 5.09. The van der Waals surface area contributed by atoms with Crippen LogP contribution in [0.15, 0.2) is 60.1 Å². The molecule has 0 aliphatic heterocycles. The van der Waals surface area contributed by atoms with Gasteiger partial charge in [-0.25, -0.2) is 9.37 Å². The second kappa shape index (κ2) is 7.70.